The Bertz CT molecular complexity index is 836. The number of carbonyl (C=O) groups excluding carboxylic acids is 4. The van der Waals surface area contributed by atoms with Crippen molar-refractivity contribution in [3.63, 3.8) is 0 Å². The molecule has 0 aliphatic heterocycles. The number of hydrogen-bond acceptors (Lipinski definition) is 6. The van der Waals surface area contributed by atoms with Crippen LogP contribution >= 0.6 is 22.9 Å². The Morgan fingerprint density at radius 3 is 2.60 bits per heavy atom. The molecule has 0 radical (unpaired) electrons. The van der Waals surface area contributed by atoms with E-state index in [1.54, 1.807) is 6.07 Å². The van der Waals surface area contributed by atoms with Crippen molar-refractivity contribution in [2.24, 2.45) is 0 Å². The van der Waals surface area contributed by atoms with Gasteiger partial charge in [0.2, 0.25) is 0 Å². The first-order chi connectivity index (χ1) is 11.9. The highest BCUT2D eigenvalue weighted by atomic mass is 35.5. The Morgan fingerprint density at radius 2 is 1.92 bits per heavy atom. The number of benzene rings is 1. The van der Waals surface area contributed by atoms with E-state index in [1.165, 1.54) is 18.4 Å². The number of rotatable bonds is 5. The summed E-state index contributed by atoms with van der Waals surface area (Å²) in [5.74, 6) is -2.12. The third kappa shape index (κ3) is 4.91. The van der Waals surface area contributed by atoms with Crippen LogP contribution in [0.15, 0.2) is 24.3 Å². The standard InChI is InChI=1S/C15H14ClN3O5S/c1-17-15(23)19-10(20)7-24-11(21)6-18-14(22)13-12(16)8-4-2-3-5-9(8)25-13/h2-5H,6-7H2,1H3,(H,18,22)(H2,17,19,20,23). The number of hydrogen-bond donors (Lipinski definition) is 3. The number of fused-ring (bicyclic) bond motifs is 1. The number of imide groups is 1. The summed E-state index contributed by atoms with van der Waals surface area (Å²) in [6.07, 6.45) is 0. The molecule has 3 N–H and O–H groups in total. The lowest BCUT2D eigenvalue weighted by Crippen LogP contribution is -2.40. The quantitative estimate of drug-likeness (QED) is 0.673. The van der Waals surface area contributed by atoms with Crippen LogP contribution in [0.4, 0.5) is 4.79 Å². The van der Waals surface area contributed by atoms with E-state index >= 15 is 0 Å². The van der Waals surface area contributed by atoms with Gasteiger partial charge in [-0.1, -0.05) is 29.8 Å². The van der Waals surface area contributed by atoms with Gasteiger partial charge in [0.15, 0.2) is 6.61 Å². The van der Waals surface area contributed by atoms with Crippen LogP contribution in [0, 0.1) is 0 Å². The van der Waals surface area contributed by atoms with Crippen molar-refractivity contribution in [3.05, 3.63) is 34.2 Å². The molecule has 132 valence electrons. The fourth-order valence-electron chi connectivity index (χ4n) is 1.82. The van der Waals surface area contributed by atoms with E-state index in [2.05, 4.69) is 15.4 Å². The molecule has 1 aromatic carbocycles. The van der Waals surface area contributed by atoms with Crippen LogP contribution in [0.25, 0.3) is 10.1 Å². The Morgan fingerprint density at radius 1 is 1.20 bits per heavy atom. The summed E-state index contributed by atoms with van der Waals surface area (Å²) in [6, 6.07) is 6.56. The van der Waals surface area contributed by atoms with Gasteiger partial charge < -0.3 is 15.4 Å². The number of ether oxygens (including phenoxy) is 1. The average Bonchev–Trinajstić information content (AvgIpc) is 2.95. The maximum absolute atomic E-state index is 12.1. The second-order valence-electron chi connectivity index (χ2n) is 4.71. The van der Waals surface area contributed by atoms with Gasteiger partial charge in [-0.2, -0.15) is 0 Å². The highest BCUT2D eigenvalue weighted by Gasteiger charge is 2.18. The van der Waals surface area contributed by atoms with Gasteiger partial charge in [0, 0.05) is 17.1 Å². The average molecular weight is 384 g/mol. The molecule has 8 nitrogen and oxygen atoms in total. The molecule has 0 bridgehead atoms. The maximum atomic E-state index is 12.1. The van der Waals surface area contributed by atoms with E-state index < -0.39 is 37.0 Å². The molecule has 2 rings (SSSR count). The number of carbonyl (C=O) groups is 4. The van der Waals surface area contributed by atoms with E-state index in [9.17, 15) is 19.2 Å². The van der Waals surface area contributed by atoms with Gasteiger partial charge in [-0.3, -0.25) is 19.7 Å². The summed E-state index contributed by atoms with van der Waals surface area (Å²) < 4.78 is 5.50. The minimum atomic E-state index is -0.822. The number of thiophene rings is 1. The number of nitrogens with one attached hydrogen (secondary N) is 3. The van der Waals surface area contributed by atoms with Gasteiger partial charge in [0.1, 0.15) is 11.4 Å². The number of esters is 1. The van der Waals surface area contributed by atoms with Crippen molar-refractivity contribution >= 4 is 56.8 Å². The molecule has 0 unspecified atom stereocenters. The molecule has 0 spiro atoms. The molecule has 25 heavy (non-hydrogen) atoms. The van der Waals surface area contributed by atoms with Crippen LogP contribution in [0.5, 0.6) is 0 Å². The van der Waals surface area contributed by atoms with Crippen molar-refractivity contribution < 1.29 is 23.9 Å². The van der Waals surface area contributed by atoms with Crippen LogP contribution in [0.3, 0.4) is 0 Å². The van der Waals surface area contributed by atoms with E-state index in [1.807, 2.05) is 23.5 Å². The van der Waals surface area contributed by atoms with E-state index in [0.29, 0.717) is 5.02 Å². The zero-order chi connectivity index (χ0) is 18.4. The number of urea groups is 1. The van der Waals surface area contributed by atoms with Crippen LogP contribution in [0.2, 0.25) is 5.02 Å². The van der Waals surface area contributed by atoms with Gasteiger partial charge in [0.25, 0.3) is 11.8 Å². The minimum absolute atomic E-state index is 0.285. The zero-order valence-electron chi connectivity index (χ0n) is 13.1. The molecule has 0 atom stereocenters. The van der Waals surface area contributed by atoms with Gasteiger partial charge in [-0.25, -0.2) is 4.79 Å². The Hall–Kier alpha value is -2.65. The van der Waals surface area contributed by atoms with Gasteiger partial charge in [-0.15, -0.1) is 11.3 Å². The van der Waals surface area contributed by atoms with Crippen molar-refractivity contribution in [3.8, 4) is 0 Å². The second-order valence-corrected chi connectivity index (χ2v) is 6.14. The Balaban J connectivity index is 1.84. The summed E-state index contributed by atoms with van der Waals surface area (Å²) in [7, 11) is 1.34. The summed E-state index contributed by atoms with van der Waals surface area (Å²) in [6.45, 7) is -1.07. The molecule has 2 aromatic rings. The first-order valence-electron chi connectivity index (χ1n) is 7.04. The Labute approximate surface area is 151 Å². The largest absolute Gasteiger partial charge is 0.454 e. The van der Waals surface area contributed by atoms with Crippen molar-refractivity contribution in [2.75, 3.05) is 20.2 Å². The topological polar surface area (TPSA) is 114 Å². The molecule has 4 amide bonds. The van der Waals surface area contributed by atoms with Crippen molar-refractivity contribution in [1.82, 2.24) is 16.0 Å². The lowest BCUT2D eigenvalue weighted by atomic mass is 10.2. The predicted molar refractivity (Wildman–Crippen MR) is 92.7 cm³/mol. The summed E-state index contributed by atoms with van der Waals surface area (Å²) in [5, 5.41) is 7.56. The summed E-state index contributed by atoms with van der Waals surface area (Å²) in [5.41, 5.74) is 0. The normalized spacial score (nSPS) is 10.2. The number of amides is 4. The molecule has 0 saturated heterocycles. The fourth-order valence-corrected chi connectivity index (χ4v) is 3.25. The molecule has 1 aromatic heterocycles. The van der Waals surface area contributed by atoms with Crippen LogP contribution < -0.4 is 16.0 Å². The fraction of sp³-hybridized carbons (Fsp3) is 0.200. The molecule has 0 fully saturated rings. The van der Waals surface area contributed by atoms with Crippen molar-refractivity contribution in [1.29, 1.82) is 0 Å². The zero-order valence-corrected chi connectivity index (χ0v) is 14.6. The second kappa shape index (κ2) is 8.45. The lowest BCUT2D eigenvalue weighted by molar-refractivity contribution is -0.147. The van der Waals surface area contributed by atoms with Crippen LogP contribution in [-0.4, -0.2) is 44.0 Å². The predicted octanol–water partition coefficient (Wildman–Crippen LogP) is 1.28. The molecular weight excluding hydrogens is 370 g/mol. The first-order valence-corrected chi connectivity index (χ1v) is 8.24. The molecular formula is C15H14ClN3O5S. The molecule has 0 saturated carbocycles. The Kier molecular flexibility index (Phi) is 6.31. The first kappa shape index (κ1) is 18.7. The van der Waals surface area contributed by atoms with E-state index in [4.69, 9.17) is 11.6 Å². The third-order valence-corrected chi connectivity index (χ3v) is 4.65. The van der Waals surface area contributed by atoms with Crippen LogP contribution in [0.1, 0.15) is 9.67 Å². The van der Waals surface area contributed by atoms with Gasteiger partial charge >= 0.3 is 12.0 Å². The third-order valence-electron chi connectivity index (χ3n) is 2.98. The molecule has 0 aliphatic rings. The highest BCUT2D eigenvalue weighted by Crippen LogP contribution is 2.34. The monoisotopic (exact) mass is 383 g/mol. The van der Waals surface area contributed by atoms with E-state index in [0.717, 1.165) is 10.1 Å². The van der Waals surface area contributed by atoms with E-state index in [-0.39, 0.29) is 4.88 Å². The molecule has 1 heterocycles. The smallest absolute Gasteiger partial charge is 0.325 e. The van der Waals surface area contributed by atoms with Gasteiger partial charge in [0.05, 0.1) is 5.02 Å². The number of halogens is 1. The summed E-state index contributed by atoms with van der Waals surface area (Å²) in [4.78, 5) is 46.1. The SMILES string of the molecule is CNC(=O)NC(=O)COC(=O)CNC(=O)c1sc2ccccc2c1Cl. The minimum Gasteiger partial charge on any atom is -0.454 e. The van der Waals surface area contributed by atoms with Crippen LogP contribution in [-0.2, 0) is 14.3 Å². The van der Waals surface area contributed by atoms with Crippen molar-refractivity contribution in [2.45, 2.75) is 0 Å². The maximum Gasteiger partial charge on any atom is 0.325 e. The van der Waals surface area contributed by atoms with Gasteiger partial charge in [-0.05, 0) is 6.07 Å². The summed E-state index contributed by atoms with van der Waals surface area (Å²) >= 11 is 7.38. The molecule has 10 heteroatoms. The highest BCUT2D eigenvalue weighted by molar-refractivity contribution is 7.21. The lowest BCUT2D eigenvalue weighted by Gasteiger charge is -2.06. The molecule has 0 aliphatic carbocycles.